The third-order valence-corrected chi connectivity index (χ3v) is 3.30. The minimum atomic E-state index is -4.60. The molecule has 0 atom stereocenters. The van der Waals surface area contributed by atoms with Crippen molar-refractivity contribution in [2.45, 2.75) is 19.7 Å². The number of carbonyl (C=O) groups is 1. The third-order valence-electron chi connectivity index (χ3n) is 3.30. The fourth-order valence-corrected chi connectivity index (χ4v) is 2.00. The second-order valence-corrected chi connectivity index (χ2v) is 5.10. The lowest BCUT2D eigenvalue weighted by Gasteiger charge is -2.12. The Labute approximate surface area is 130 Å². The fourth-order valence-electron chi connectivity index (χ4n) is 2.00. The molecule has 2 rings (SSSR count). The highest BCUT2D eigenvalue weighted by Crippen LogP contribution is 2.31. The maximum Gasteiger partial charge on any atom is 0.416 e. The molecule has 122 valence electrons. The highest BCUT2D eigenvalue weighted by Gasteiger charge is 2.31. The number of anilines is 2. The van der Waals surface area contributed by atoms with E-state index in [1.165, 1.54) is 12.1 Å². The van der Waals surface area contributed by atoms with Gasteiger partial charge < -0.3 is 16.2 Å². The smallest absolute Gasteiger partial charge is 0.398 e. The first-order valence-electron chi connectivity index (χ1n) is 6.70. The van der Waals surface area contributed by atoms with Crippen molar-refractivity contribution >= 4 is 17.3 Å². The van der Waals surface area contributed by atoms with E-state index in [0.29, 0.717) is 11.4 Å². The zero-order chi connectivity index (χ0) is 17.2. The van der Waals surface area contributed by atoms with E-state index in [9.17, 15) is 18.0 Å². The highest BCUT2D eigenvalue weighted by atomic mass is 19.4. The van der Waals surface area contributed by atoms with Crippen LogP contribution in [0.4, 0.5) is 24.5 Å². The molecule has 0 unspecified atom stereocenters. The molecule has 0 fully saturated rings. The summed E-state index contributed by atoms with van der Waals surface area (Å²) in [6, 6.07) is 7.57. The fraction of sp³-hybridized carbons (Fsp3) is 0.188. The lowest BCUT2D eigenvalue weighted by molar-refractivity contribution is -0.137. The van der Waals surface area contributed by atoms with Crippen LogP contribution in [-0.4, -0.2) is 11.0 Å². The molecule has 4 nitrogen and oxygen atoms in total. The SMILES string of the molecule is Cc1ccc(NC(=O)c2cc(CO)cc(C(F)(F)F)c2)cc1N. The molecule has 0 aliphatic carbocycles. The minimum absolute atomic E-state index is 0.00777. The Hall–Kier alpha value is -2.54. The normalized spacial score (nSPS) is 11.3. The van der Waals surface area contributed by atoms with Crippen molar-refractivity contribution in [3.8, 4) is 0 Å². The molecule has 0 bridgehead atoms. The summed E-state index contributed by atoms with van der Waals surface area (Å²) in [5, 5.41) is 11.6. The van der Waals surface area contributed by atoms with E-state index in [-0.39, 0.29) is 11.1 Å². The number of alkyl halides is 3. The van der Waals surface area contributed by atoms with Gasteiger partial charge in [-0.3, -0.25) is 4.79 Å². The lowest BCUT2D eigenvalue weighted by Crippen LogP contribution is -2.15. The number of hydrogen-bond acceptors (Lipinski definition) is 3. The molecule has 4 N–H and O–H groups in total. The van der Waals surface area contributed by atoms with Crippen molar-refractivity contribution in [1.82, 2.24) is 0 Å². The van der Waals surface area contributed by atoms with Gasteiger partial charge in [-0.2, -0.15) is 13.2 Å². The topological polar surface area (TPSA) is 75.3 Å². The highest BCUT2D eigenvalue weighted by molar-refractivity contribution is 6.04. The molecule has 0 radical (unpaired) electrons. The first kappa shape index (κ1) is 16.8. The zero-order valence-electron chi connectivity index (χ0n) is 12.2. The van der Waals surface area contributed by atoms with Crippen LogP contribution in [0.2, 0.25) is 0 Å². The van der Waals surface area contributed by atoms with Crippen molar-refractivity contribution in [1.29, 1.82) is 0 Å². The van der Waals surface area contributed by atoms with Gasteiger partial charge in [0.15, 0.2) is 0 Å². The molecule has 7 heteroatoms. The Morgan fingerprint density at radius 3 is 2.48 bits per heavy atom. The van der Waals surface area contributed by atoms with Crippen LogP contribution in [0.25, 0.3) is 0 Å². The molecule has 2 aromatic carbocycles. The second kappa shape index (κ2) is 6.29. The predicted molar refractivity (Wildman–Crippen MR) is 80.9 cm³/mol. The van der Waals surface area contributed by atoms with Gasteiger partial charge in [-0.1, -0.05) is 6.07 Å². The molecule has 0 aliphatic rings. The maximum absolute atomic E-state index is 12.8. The molecule has 0 aliphatic heterocycles. The average Bonchev–Trinajstić information content (AvgIpc) is 2.49. The largest absolute Gasteiger partial charge is 0.416 e. The molecule has 0 heterocycles. The molecule has 0 aromatic heterocycles. The number of aryl methyl sites for hydroxylation is 1. The average molecular weight is 324 g/mol. The molecule has 23 heavy (non-hydrogen) atoms. The van der Waals surface area contributed by atoms with Crippen LogP contribution in [0.1, 0.15) is 27.0 Å². The number of hydrogen-bond donors (Lipinski definition) is 3. The van der Waals surface area contributed by atoms with Gasteiger partial charge in [-0.15, -0.1) is 0 Å². The Balaban J connectivity index is 2.33. The summed E-state index contributed by atoms with van der Waals surface area (Å²) < 4.78 is 38.5. The zero-order valence-corrected chi connectivity index (χ0v) is 12.2. The van der Waals surface area contributed by atoms with Crippen LogP contribution in [0.15, 0.2) is 36.4 Å². The molecular formula is C16H15F3N2O2. The minimum Gasteiger partial charge on any atom is -0.398 e. The summed E-state index contributed by atoms with van der Waals surface area (Å²) >= 11 is 0. The number of benzene rings is 2. The van der Waals surface area contributed by atoms with E-state index in [2.05, 4.69) is 5.32 Å². The Bertz CT molecular complexity index is 743. The summed E-state index contributed by atoms with van der Waals surface area (Å²) in [6.45, 7) is 1.20. The quantitative estimate of drug-likeness (QED) is 0.758. The van der Waals surface area contributed by atoms with E-state index < -0.39 is 24.3 Å². The molecule has 1 amide bonds. The lowest BCUT2D eigenvalue weighted by atomic mass is 10.0. The van der Waals surface area contributed by atoms with Gasteiger partial charge in [-0.25, -0.2) is 0 Å². The van der Waals surface area contributed by atoms with Gasteiger partial charge in [0.05, 0.1) is 12.2 Å². The number of amides is 1. The molecular weight excluding hydrogens is 309 g/mol. The van der Waals surface area contributed by atoms with E-state index in [1.54, 1.807) is 19.1 Å². The van der Waals surface area contributed by atoms with Gasteiger partial charge in [0.1, 0.15) is 0 Å². The van der Waals surface area contributed by atoms with Crippen molar-refractivity contribution < 1.29 is 23.1 Å². The molecule has 0 saturated carbocycles. The van der Waals surface area contributed by atoms with E-state index in [0.717, 1.165) is 17.7 Å². The molecule has 0 saturated heterocycles. The maximum atomic E-state index is 12.8. The summed E-state index contributed by atoms with van der Waals surface area (Å²) in [5.74, 6) is -0.714. The Morgan fingerprint density at radius 2 is 1.91 bits per heavy atom. The van der Waals surface area contributed by atoms with Crippen molar-refractivity contribution in [3.63, 3.8) is 0 Å². The summed E-state index contributed by atoms with van der Waals surface area (Å²) in [6.07, 6.45) is -4.60. The van der Waals surface area contributed by atoms with E-state index in [1.807, 2.05) is 0 Å². The van der Waals surface area contributed by atoms with Gasteiger partial charge in [-0.05, 0) is 48.4 Å². The number of nitrogens with one attached hydrogen (secondary N) is 1. The summed E-state index contributed by atoms with van der Waals surface area (Å²) in [7, 11) is 0. The Kier molecular flexibility index (Phi) is 4.60. The summed E-state index contributed by atoms with van der Waals surface area (Å²) in [4.78, 5) is 12.2. The van der Waals surface area contributed by atoms with Crippen LogP contribution < -0.4 is 11.1 Å². The van der Waals surface area contributed by atoms with Crippen LogP contribution >= 0.6 is 0 Å². The summed E-state index contributed by atoms with van der Waals surface area (Å²) in [5.41, 5.74) is 6.22. The van der Waals surface area contributed by atoms with Gasteiger partial charge >= 0.3 is 6.18 Å². The first-order chi connectivity index (χ1) is 10.7. The third kappa shape index (κ3) is 4.01. The van der Waals surface area contributed by atoms with Crippen LogP contribution in [0.3, 0.4) is 0 Å². The molecule has 0 spiro atoms. The van der Waals surface area contributed by atoms with Crippen molar-refractivity contribution in [2.75, 3.05) is 11.1 Å². The number of nitrogens with two attached hydrogens (primary N) is 1. The number of rotatable bonds is 3. The first-order valence-corrected chi connectivity index (χ1v) is 6.70. The Morgan fingerprint density at radius 1 is 1.22 bits per heavy atom. The number of carbonyl (C=O) groups excluding carboxylic acids is 1. The molecule has 2 aromatic rings. The van der Waals surface area contributed by atoms with E-state index in [4.69, 9.17) is 10.8 Å². The standard InChI is InChI=1S/C16H15F3N2O2/c1-9-2-3-13(7-14(9)20)21-15(23)11-4-10(8-22)5-12(6-11)16(17,18)19/h2-7,22H,8,20H2,1H3,(H,21,23). The predicted octanol–water partition coefficient (Wildman–Crippen LogP) is 3.34. The number of nitrogen functional groups attached to an aromatic ring is 1. The number of halogens is 3. The van der Waals surface area contributed by atoms with Crippen molar-refractivity contribution in [3.05, 3.63) is 58.7 Å². The second-order valence-electron chi connectivity index (χ2n) is 5.10. The number of aliphatic hydroxyl groups excluding tert-OH is 1. The monoisotopic (exact) mass is 324 g/mol. The van der Waals surface area contributed by atoms with Crippen molar-refractivity contribution in [2.24, 2.45) is 0 Å². The van der Waals surface area contributed by atoms with Crippen LogP contribution in [-0.2, 0) is 12.8 Å². The van der Waals surface area contributed by atoms with Gasteiger partial charge in [0.2, 0.25) is 0 Å². The number of aliphatic hydroxyl groups is 1. The van der Waals surface area contributed by atoms with Gasteiger partial charge in [0.25, 0.3) is 5.91 Å². The van der Waals surface area contributed by atoms with Crippen LogP contribution in [0.5, 0.6) is 0 Å². The van der Waals surface area contributed by atoms with Gasteiger partial charge in [0, 0.05) is 16.9 Å². The van der Waals surface area contributed by atoms with E-state index >= 15 is 0 Å². The van der Waals surface area contributed by atoms with Crippen LogP contribution in [0, 0.1) is 6.92 Å².